The number of hydrogen-bond donors (Lipinski definition) is 1. The molecule has 21 heavy (non-hydrogen) atoms. The first-order valence-electron chi connectivity index (χ1n) is 7.18. The molecule has 0 saturated carbocycles. The first kappa shape index (κ1) is 14.2. The second-order valence-electron chi connectivity index (χ2n) is 5.68. The first-order valence-corrected chi connectivity index (χ1v) is 7.18. The zero-order valence-corrected chi connectivity index (χ0v) is 11.5. The van der Waals surface area contributed by atoms with E-state index in [1.807, 2.05) is 6.07 Å². The molecule has 0 aliphatic carbocycles. The van der Waals surface area contributed by atoms with E-state index in [9.17, 15) is 18.0 Å². The number of benzene rings is 1. The Morgan fingerprint density at radius 1 is 1.33 bits per heavy atom. The van der Waals surface area contributed by atoms with Gasteiger partial charge >= 0.3 is 6.18 Å². The lowest BCUT2D eigenvalue weighted by atomic mass is 9.96. The molecule has 2 aliphatic heterocycles. The Morgan fingerprint density at radius 3 is 2.90 bits per heavy atom. The summed E-state index contributed by atoms with van der Waals surface area (Å²) in [7, 11) is 0. The van der Waals surface area contributed by atoms with Crippen molar-refractivity contribution in [3.8, 4) is 0 Å². The molecule has 1 N–H and O–H groups in total. The van der Waals surface area contributed by atoms with Gasteiger partial charge in [-0.15, -0.1) is 0 Å². The van der Waals surface area contributed by atoms with Crippen LogP contribution in [0, 0.1) is 5.92 Å². The second kappa shape index (κ2) is 5.24. The van der Waals surface area contributed by atoms with E-state index in [-0.39, 0.29) is 18.9 Å². The van der Waals surface area contributed by atoms with Crippen molar-refractivity contribution in [2.75, 3.05) is 25.0 Å². The molecule has 1 aromatic rings. The number of rotatable bonds is 1. The number of piperidine rings is 1. The van der Waals surface area contributed by atoms with E-state index in [4.69, 9.17) is 0 Å². The second-order valence-corrected chi connectivity index (χ2v) is 5.68. The Morgan fingerprint density at radius 2 is 2.14 bits per heavy atom. The van der Waals surface area contributed by atoms with Crippen LogP contribution in [-0.2, 0) is 6.42 Å². The molecule has 0 spiro atoms. The minimum Gasteiger partial charge on any atom is -0.384 e. The lowest BCUT2D eigenvalue weighted by molar-refractivity contribution is -0.184. The van der Waals surface area contributed by atoms with Crippen molar-refractivity contribution in [1.82, 2.24) is 4.90 Å². The van der Waals surface area contributed by atoms with Crippen LogP contribution < -0.4 is 5.32 Å². The van der Waals surface area contributed by atoms with E-state index in [1.165, 1.54) is 4.90 Å². The predicted molar refractivity (Wildman–Crippen MR) is 73.3 cm³/mol. The van der Waals surface area contributed by atoms with Gasteiger partial charge in [0.15, 0.2) is 0 Å². The number of carbonyl (C=O) groups excluding carboxylic acids is 1. The first-order chi connectivity index (χ1) is 9.95. The van der Waals surface area contributed by atoms with Gasteiger partial charge in [0, 0.05) is 30.9 Å². The summed E-state index contributed by atoms with van der Waals surface area (Å²) in [6.07, 6.45) is -2.85. The maximum atomic E-state index is 12.8. The Hall–Kier alpha value is -1.72. The minimum atomic E-state index is -4.22. The van der Waals surface area contributed by atoms with Gasteiger partial charge in [-0.25, -0.2) is 0 Å². The number of nitrogens with one attached hydrogen (secondary N) is 1. The molecule has 2 heterocycles. The molecule has 6 heteroatoms. The molecule has 1 atom stereocenters. The van der Waals surface area contributed by atoms with E-state index in [2.05, 4.69) is 5.32 Å². The average Bonchev–Trinajstić information content (AvgIpc) is 2.93. The van der Waals surface area contributed by atoms with Crippen molar-refractivity contribution in [2.24, 2.45) is 5.92 Å². The van der Waals surface area contributed by atoms with Gasteiger partial charge in [0.1, 0.15) is 0 Å². The maximum Gasteiger partial charge on any atom is 0.393 e. The molecule has 1 fully saturated rings. The van der Waals surface area contributed by atoms with E-state index < -0.39 is 12.1 Å². The number of fused-ring (bicyclic) bond motifs is 1. The van der Waals surface area contributed by atoms with E-state index in [0.29, 0.717) is 18.5 Å². The summed E-state index contributed by atoms with van der Waals surface area (Å²) >= 11 is 0. The predicted octanol–water partition coefficient (Wildman–Crippen LogP) is 3.07. The highest BCUT2D eigenvalue weighted by Gasteiger charge is 2.42. The number of carbonyl (C=O) groups is 1. The fraction of sp³-hybridized carbons (Fsp3) is 0.533. The summed E-state index contributed by atoms with van der Waals surface area (Å²) in [6.45, 7) is 1.02. The molecule has 1 aromatic carbocycles. The topological polar surface area (TPSA) is 32.3 Å². The van der Waals surface area contributed by atoms with Gasteiger partial charge in [-0.3, -0.25) is 4.79 Å². The number of alkyl halides is 3. The monoisotopic (exact) mass is 298 g/mol. The zero-order chi connectivity index (χ0) is 15.0. The van der Waals surface area contributed by atoms with Crippen LogP contribution in [0.4, 0.5) is 18.9 Å². The van der Waals surface area contributed by atoms with Crippen LogP contribution in [0.25, 0.3) is 0 Å². The molecule has 0 unspecified atom stereocenters. The zero-order valence-electron chi connectivity index (χ0n) is 11.5. The van der Waals surface area contributed by atoms with E-state index in [1.54, 1.807) is 12.1 Å². The van der Waals surface area contributed by atoms with E-state index in [0.717, 1.165) is 24.2 Å². The van der Waals surface area contributed by atoms with E-state index >= 15 is 0 Å². The number of amides is 1. The number of halogens is 3. The molecular formula is C15H17F3N2O. The third-order valence-electron chi connectivity index (χ3n) is 4.23. The molecule has 0 aromatic heterocycles. The molecule has 3 rings (SSSR count). The minimum absolute atomic E-state index is 0.112. The quantitative estimate of drug-likeness (QED) is 0.864. The highest BCUT2D eigenvalue weighted by molar-refractivity contribution is 5.95. The number of anilines is 1. The molecule has 2 aliphatic rings. The van der Waals surface area contributed by atoms with Crippen molar-refractivity contribution in [3.63, 3.8) is 0 Å². The normalized spacial score (nSPS) is 21.9. The van der Waals surface area contributed by atoms with Gasteiger partial charge in [0.05, 0.1) is 5.92 Å². The van der Waals surface area contributed by atoms with Gasteiger partial charge in [-0.1, -0.05) is 0 Å². The molecule has 0 radical (unpaired) electrons. The van der Waals surface area contributed by atoms with Crippen molar-refractivity contribution >= 4 is 11.6 Å². The van der Waals surface area contributed by atoms with Gasteiger partial charge < -0.3 is 10.2 Å². The fourth-order valence-electron chi connectivity index (χ4n) is 3.05. The fourth-order valence-corrected chi connectivity index (χ4v) is 3.05. The van der Waals surface area contributed by atoms with Crippen LogP contribution >= 0.6 is 0 Å². The lowest BCUT2D eigenvalue weighted by Crippen LogP contribution is -2.44. The summed E-state index contributed by atoms with van der Waals surface area (Å²) in [5.74, 6) is -1.69. The van der Waals surface area contributed by atoms with Crippen LogP contribution in [-0.4, -0.2) is 36.6 Å². The molecular weight excluding hydrogens is 281 g/mol. The largest absolute Gasteiger partial charge is 0.393 e. The SMILES string of the molecule is O=C(c1ccc2c(c1)CCN2)N1CCC[C@@H](C(F)(F)F)C1. The van der Waals surface area contributed by atoms with Crippen LogP contribution in [0.2, 0.25) is 0 Å². The van der Waals surface area contributed by atoms with Crippen LogP contribution in [0.3, 0.4) is 0 Å². The smallest absolute Gasteiger partial charge is 0.384 e. The summed E-state index contributed by atoms with van der Waals surface area (Å²) in [6, 6.07) is 5.33. The van der Waals surface area contributed by atoms with Crippen LogP contribution in [0.15, 0.2) is 18.2 Å². The van der Waals surface area contributed by atoms with Crippen molar-refractivity contribution in [1.29, 1.82) is 0 Å². The van der Waals surface area contributed by atoms with Gasteiger partial charge in [-0.2, -0.15) is 13.2 Å². The molecule has 114 valence electrons. The molecule has 0 bridgehead atoms. The Bertz CT molecular complexity index is 556. The summed E-state index contributed by atoms with van der Waals surface area (Å²) in [4.78, 5) is 13.7. The Balaban J connectivity index is 1.75. The maximum absolute atomic E-state index is 12.8. The van der Waals surface area contributed by atoms with Gasteiger partial charge in [0.25, 0.3) is 5.91 Å². The Kier molecular flexibility index (Phi) is 3.55. The third-order valence-corrected chi connectivity index (χ3v) is 4.23. The van der Waals surface area contributed by atoms with Gasteiger partial charge in [0.2, 0.25) is 0 Å². The van der Waals surface area contributed by atoms with Crippen LogP contribution in [0.5, 0.6) is 0 Å². The van der Waals surface area contributed by atoms with Crippen molar-refractivity contribution < 1.29 is 18.0 Å². The number of nitrogens with zero attached hydrogens (tertiary/aromatic N) is 1. The molecule has 1 saturated heterocycles. The summed E-state index contributed by atoms with van der Waals surface area (Å²) in [5, 5.41) is 3.20. The highest BCUT2D eigenvalue weighted by Crippen LogP contribution is 2.33. The lowest BCUT2D eigenvalue weighted by Gasteiger charge is -2.33. The molecule has 3 nitrogen and oxygen atoms in total. The van der Waals surface area contributed by atoms with Crippen LogP contribution in [0.1, 0.15) is 28.8 Å². The number of hydrogen-bond acceptors (Lipinski definition) is 2. The molecule has 1 amide bonds. The standard InChI is InChI=1S/C15H17F3N2O/c16-15(17,18)12-2-1-7-20(9-12)14(21)11-3-4-13-10(8-11)5-6-19-13/h3-4,8,12,19H,1-2,5-7,9H2/t12-/m1/s1. The summed E-state index contributed by atoms with van der Waals surface area (Å²) in [5.41, 5.74) is 2.56. The number of likely N-dealkylation sites (tertiary alicyclic amines) is 1. The van der Waals surface area contributed by atoms with Crippen molar-refractivity contribution in [2.45, 2.75) is 25.4 Å². The average molecular weight is 298 g/mol. The summed E-state index contributed by atoms with van der Waals surface area (Å²) < 4.78 is 38.4. The van der Waals surface area contributed by atoms with Crippen molar-refractivity contribution in [3.05, 3.63) is 29.3 Å². The Labute approximate surface area is 121 Å². The van der Waals surface area contributed by atoms with Gasteiger partial charge in [-0.05, 0) is 43.0 Å². The highest BCUT2D eigenvalue weighted by atomic mass is 19.4. The third kappa shape index (κ3) is 2.84.